The summed E-state index contributed by atoms with van der Waals surface area (Å²) < 4.78 is 21.8. The lowest BCUT2D eigenvalue weighted by Crippen LogP contribution is -2.34. The van der Waals surface area contributed by atoms with Gasteiger partial charge < -0.3 is 20.5 Å². The summed E-state index contributed by atoms with van der Waals surface area (Å²) in [7, 11) is 0. The number of rotatable bonds is 7. The number of nitrogens with zero attached hydrogens (tertiary/aromatic N) is 4. The fourth-order valence-electron chi connectivity index (χ4n) is 4.04. The summed E-state index contributed by atoms with van der Waals surface area (Å²) in [4.78, 5) is 8.87. The number of aromatic nitrogens is 4. The lowest BCUT2D eigenvalue weighted by Gasteiger charge is -2.25. The standard InChI is InChI=1S/C24H24ClFN6O2/c25-20-9-16(1-2-21(20)26)31-24-19-11-23(34-17-3-5-27-6-4-17)18(10-22(19)28-14-29-24)15-12-30-32(13-15)7-8-33/h1-2,9-14,17,27,33H,3-8H2,(H,28,29,31). The fraction of sp³-hybridized carbons (Fsp3) is 0.292. The van der Waals surface area contributed by atoms with Crippen LogP contribution in [0.2, 0.25) is 5.02 Å². The Balaban J connectivity index is 1.57. The smallest absolute Gasteiger partial charge is 0.141 e. The third-order valence-electron chi connectivity index (χ3n) is 5.77. The number of halogens is 2. The maximum atomic E-state index is 13.6. The predicted molar refractivity (Wildman–Crippen MR) is 129 cm³/mol. The minimum Gasteiger partial charge on any atom is -0.490 e. The van der Waals surface area contributed by atoms with E-state index in [1.807, 2.05) is 18.3 Å². The van der Waals surface area contributed by atoms with E-state index in [1.165, 1.54) is 18.5 Å². The predicted octanol–water partition coefficient (Wildman–Crippen LogP) is 4.15. The molecule has 0 amide bonds. The fourth-order valence-corrected chi connectivity index (χ4v) is 4.22. The summed E-state index contributed by atoms with van der Waals surface area (Å²) >= 11 is 5.95. The van der Waals surface area contributed by atoms with Gasteiger partial charge in [-0.3, -0.25) is 4.68 Å². The molecular formula is C24H24ClFN6O2. The Morgan fingerprint density at radius 1 is 1.21 bits per heavy atom. The lowest BCUT2D eigenvalue weighted by atomic mass is 10.0. The van der Waals surface area contributed by atoms with Crippen molar-refractivity contribution in [2.75, 3.05) is 25.0 Å². The molecule has 176 valence electrons. The van der Waals surface area contributed by atoms with Crippen molar-refractivity contribution in [1.82, 2.24) is 25.1 Å². The van der Waals surface area contributed by atoms with E-state index in [9.17, 15) is 9.50 Å². The zero-order valence-corrected chi connectivity index (χ0v) is 19.1. The maximum Gasteiger partial charge on any atom is 0.141 e. The third kappa shape index (κ3) is 4.82. The van der Waals surface area contributed by atoms with Gasteiger partial charge in [0.1, 0.15) is 29.8 Å². The molecule has 0 spiro atoms. The molecule has 0 aliphatic carbocycles. The molecule has 1 saturated heterocycles. The normalized spacial score (nSPS) is 14.4. The van der Waals surface area contributed by atoms with Crippen LogP contribution in [-0.2, 0) is 6.54 Å². The average molecular weight is 483 g/mol. The molecule has 3 heterocycles. The highest BCUT2D eigenvalue weighted by Gasteiger charge is 2.20. The second-order valence-corrected chi connectivity index (χ2v) is 8.53. The summed E-state index contributed by atoms with van der Waals surface area (Å²) in [6, 6.07) is 8.31. The first-order valence-corrected chi connectivity index (χ1v) is 11.5. The van der Waals surface area contributed by atoms with Gasteiger partial charge in [0.2, 0.25) is 0 Å². The summed E-state index contributed by atoms with van der Waals surface area (Å²) in [5.74, 6) is 0.784. The van der Waals surface area contributed by atoms with Crippen molar-refractivity contribution in [3.63, 3.8) is 0 Å². The topological polar surface area (TPSA) is 97.1 Å². The van der Waals surface area contributed by atoms with Crippen molar-refractivity contribution >= 4 is 34.0 Å². The molecule has 0 unspecified atom stereocenters. The van der Waals surface area contributed by atoms with Gasteiger partial charge in [0.15, 0.2) is 0 Å². The van der Waals surface area contributed by atoms with Gasteiger partial charge in [-0.15, -0.1) is 0 Å². The van der Waals surface area contributed by atoms with Gasteiger partial charge >= 0.3 is 0 Å². The lowest BCUT2D eigenvalue weighted by molar-refractivity contribution is 0.163. The number of piperidine rings is 1. The summed E-state index contributed by atoms with van der Waals surface area (Å²) in [5.41, 5.74) is 3.07. The van der Waals surface area contributed by atoms with Crippen molar-refractivity contribution < 1.29 is 14.2 Å². The molecule has 10 heteroatoms. The SMILES string of the molecule is OCCn1cc(-c2cc3ncnc(Nc4ccc(F)c(Cl)c4)c3cc2OC2CCNCC2)cn1. The quantitative estimate of drug-likeness (QED) is 0.364. The maximum absolute atomic E-state index is 13.6. The molecule has 0 atom stereocenters. The van der Waals surface area contributed by atoms with Crippen LogP contribution in [0.1, 0.15) is 12.8 Å². The van der Waals surface area contributed by atoms with E-state index >= 15 is 0 Å². The molecule has 3 N–H and O–H groups in total. The van der Waals surface area contributed by atoms with Crippen LogP contribution in [0.3, 0.4) is 0 Å². The molecule has 8 nitrogen and oxygen atoms in total. The Morgan fingerprint density at radius 2 is 2.06 bits per heavy atom. The number of nitrogens with one attached hydrogen (secondary N) is 2. The van der Waals surface area contributed by atoms with E-state index in [4.69, 9.17) is 16.3 Å². The molecule has 4 aromatic rings. The van der Waals surface area contributed by atoms with Gasteiger partial charge in [-0.2, -0.15) is 5.10 Å². The molecule has 34 heavy (non-hydrogen) atoms. The van der Waals surface area contributed by atoms with Crippen LogP contribution in [0.25, 0.3) is 22.0 Å². The molecule has 1 aliphatic rings. The van der Waals surface area contributed by atoms with Crippen LogP contribution in [0, 0.1) is 5.82 Å². The molecule has 2 aromatic carbocycles. The van der Waals surface area contributed by atoms with Gasteiger partial charge in [0.05, 0.1) is 29.9 Å². The van der Waals surface area contributed by atoms with Crippen LogP contribution in [0.15, 0.2) is 49.1 Å². The number of anilines is 2. The van der Waals surface area contributed by atoms with Crippen LogP contribution in [0.4, 0.5) is 15.9 Å². The Kier molecular flexibility index (Phi) is 6.57. The van der Waals surface area contributed by atoms with E-state index < -0.39 is 5.82 Å². The molecule has 5 rings (SSSR count). The highest BCUT2D eigenvalue weighted by Crippen LogP contribution is 2.37. The number of aliphatic hydroxyl groups is 1. The first kappa shape index (κ1) is 22.5. The van der Waals surface area contributed by atoms with E-state index in [0.29, 0.717) is 29.3 Å². The summed E-state index contributed by atoms with van der Waals surface area (Å²) in [6.07, 6.45) is 7.02. The highest BCUT2D eigenvalue weighted by atomic mass is 35.5. The van der Waals surface area contributed by atoms with Crippen molar-refractivity contribution in [1.29, 1.82) is 0 Å². The monoisotopic (exact) mass is 482 g/mol. The third-order valence-corrected chi connectivity index (χ3v) is 6.06. The van der Waals surface area contributed by atoms with Gasteiger partial charge in [0, 0.05) is 28.4 Å². The Hall–Kier alpha value is -3.27. The zero-order chi connectivity index (χ0) is 23.5. The van der Waals surface area contributed by atoms with Gasteiger partial charge in [0.25, 0.3) is 0 Å². The molecule has 0 saturated carbocycles. The number of aliphatic hydroxyl groups excluding tert-OH is 1. The van der Waals surface area contributed by atoms with Gasteiger partial charge in [-0.05, 0) is 56.3 Å². The highest BCUT2D eigenvalue weighted by molar-refractivity contribution is 6.31. The Morgan fingerprint density at radius 3 is 2.85 bits per heavy atom. The van der Waals surface area contributed by atoms with Crippen molar-refractivity contribution in [3.8, 4) is 16.9 Å². The van der Waals surface area contributed by atoms with E-state index in [0.717, 1.165) is 42.4 Å². The van der Waals surface area contributed by atoms with Crippen LogP contribution in [0.5, 0.6) is 5.75 Å². The van der Waals surface area contributed by atoms with Gasteiger partial charge in [-0.25, -0.2) is 14.4 Å². The molecule has 2 aromatic heterocycles. The summed E-state index contributed by atoms with van der Waals surface area (Å²) in [6.45, 7) is 2.23. The summed E-state index contributed by atoms with van der Waals surface area (Å²) in [5, 5.41) is 21.0. The molecule has 0 radical (unpaired) electrons. The number of benzene rings is 2. The average Bonchev–Trinajstić information content (AvgIpc) is 3.31. The van der Waals surface area contributed by atoms with Crippen LogP contribution < -0.4 is 15.4 Å². The van der Waals surface area contributed by atoms with Crippen LogP contribution in [-0.4, -0.2) is 50.7 Å². The first-order valence-electron chi connectivity index (χ1n) is 11.1. The molecular weight excluding hydrogens is 459 g/mol. The number of fused-ring (bicyclic) bond motifs is 1. The van der Waals surface area contributed by atoms with Crippen LogP contribution >= 0.6 is 11.6 Å². The second-order valence-electron chi connectivity index (χ2n) is 8.12. The minimum atomic E-state index is -0.483. The minimum absolute atomic E-state index is 0.00687. The first-order chi connectivity index (χ1) is 16.6. The largest absolute Gasteiger partial charge is 0.490 e. The zero-order valence-electron chi connectivity index (χ0n) is 18.3. The number of hydrogen-bond acceptors (Lipinski definition) is 7. The van der Waals surface area contributed by atoms with E-state index in [2.05, 4.69) is 25.7 Å². The van der Waals surface area contributed by atoms with Gasteiger partial charge in [-0.1, -0.05) is 11.6 Å². The van der Waals surface area contributed by atoms with Crippen molar-refractivity contribution in [3.05, 3.63) is 59.9 Å². The molecule has 0 bridgehead atoms. The number of hydrogen-bond donors (Lipinski definition) is 3. The number of ether oxygens (including phenoxy) is 1. The Bertz CT molecular complexity index is 1310. The molecule has 1 fully saturated rings. The van der Waals surface area contributed by atoms with Crippen molar-refractivity contribution in [2.24, 2.45) is 0 Å². The van der Waals surface area contributed by atoms with E-state index in [-0.39, 0.29) is 17.7 Å². The Labute approximate surface area is 200 Å². The van der Waals surface area contributed by atoms with E-state index in [1.54, 1.807) is 16.9 Å². The molecule has 1 aliphatic heterocycles. The second kappa shape index (κ2) is 9.92. The van der Waals surface area contributed by atoms with Crippen molar-refractivity contribution in [2.45, 2.75) is 25.5 Å².